The Bertz CT molecular complexity index is 1090. The molecule has 3 aromatic rings. The Kier molecular flexibility index (Phi) is 6.64. The number of hydrogen-bond acceptors (Lipinski definition) is 2. The summed E-state index contributed by atoms with van der Waals surface area (Å²) in [6, 6.07) is 25.9. The fourth-order valence-corrected chi connectivity index (χ4v) is 4.24. The van der Waals surface area contributed by atoms with Crippen molar-refractivity contribution in [1.82, 2.24) is 10.2 Å². The number of carbonyl (C=O) groups excluding carboxylic acids is 2. The van der Waals surface area contributed by atoms with E-state index in [4.69, 9.17) is 0 Å². The Balaban J connectivity index is 1.30. The summed E-state index contributed by atoms with van der Waals surface area (Å²) in [5, 5.41) is 3.14. The molecular weight excluding hydrogens is 408 g/mol. The molecule has 3 aromatic carbocycles. The minimum Gasteiger partial charge on any atom is -0.349 e. The molecule has 0 saturated carbocycles. The topological polar surface area (TPSA) is 49.4 Å². The number of hydrogen-bond donors (Lipinski definition) is 1. The molecule has 0 aliphatic carbocycles. The minimum atomic E-state index is -0.0582. The van der Waals surface area contributed by atoms with Crippen LogP contribution in [0.25, 0.3) is 11.1 Å². The smallest absolute Gasteiger partial charge is 0.253 e. The van der Waals surface area contributed by atoms with E-state index < -0.39 is 0 Å². The first-order chi connectivity index (χ1) is 15.8. The lowest BCUT2D eigenvalue weighted by atomic mass is 9.86. The van der Waals surface area contributed by atoms with Crippen LogP contribution in [0.2, 0.25) is 0 Å². The molecular formula is C29H32N2O2. The van der Waals surface area contributed by atoms with Gasteiger partial charge in [-0.15, -0.1) is 0 Å². The van der Waals surface area contributed by atoms with Crippen LogP contribution in [0.5, 0.6) is 0 Å². The van der Waals surface area contributed by atoms with Crippen LogP contribution in [-0.4, -0.2) is 35.8 Å². The van der Waals surface area contributed by atoms with E-state index in [0.29, 0.717) is 18.7 Å². The highest BCUT2D eigenvalue weighted by atomic mass is 16.2. The van der Waals surface area contributed by atoms with Gasteiger partial charge in [0.15, 0.2) is 0 Å². The molecule has 0 radical (unpaired) electrons. The van der Waals surface area contributed by atoms with Gasteiger partial charge in [-0.05, 0) is 59.2 Å². The number of likely N-dealkylation sites (tertiary alicyclic amines) is 1. The molecule has 170 valence electrons. The van der Waals surface area contributed by atoms with Crippen LogP contribution in [0.15, 0.2) is 78.9 Å². The summed E-state index contributed by atoms with van der Waals surface area (Å²) >= 11 is 0. The molecule has 33 heavy (non-hydrogen) atoms. The summed E-state index contributed by atoms with van der Waals surface area (Å²) in [7, 11) is 0. The molecule has 4 nitrogen and oxygen atoms in total. The van der Waals surface area contributed by atoms with Crippen LogP contribution < -0.4 is 5.32 Å². The molecule has 4 rings (SSSR count). The Morgan fingerprint density at radius 2 is 1.30 bits per heavy atom. The molecule has 1 saturated heterocycles. The number of nitrogens with zero attached hydrogens (tertiary/aromatic N) is 1. The van der Waals surface area contributed by atoms with E-state index in [1.807, 2.05) is 71.6 Å². The van der Waals surface area contributed by atoms with Crippen molar-refractivity contribution in [2.75, 3.05) is 13.1 Å². The third kappa shape index (κ3) is 5.51. The highest BCUT2D eigenvalue weighted by molar-refractivity contribution is 5.95. The number of benzene rings is 3. The maximum absolute atomic E-state index is 12.9. The summed E-state index contributed by atoms with van der Waals surface area (Å²) in [5.74, 6) is 0.00823. The van der Waals surface area contributed by atoms with Gasteiger partial charge in [-0.2, -0.15) is 0 Å². The van der Waals surface area contributed by atoms with Gasteiger partial charge in [0.1, 0.15) is 0 Å². The van der Waals surface area contributed by atoms with Crippen LogP contribution in [0.4, 0.5) is 0 Å². The molecule has 0 unspecified atom stereocenters. The van der Waals surface area contributed by atoms with Crippen molar-refractivity contribution < 1.29 is 9.59 Å². The third-order valence-corrected chi connectivity index (χ3v) is 6.37. The second-order valence-corrected chi connectivity index (χ2v) is 9.81. The fourth-order valence-electron chi connectivity index (χ4n) is 4.24. The first-order valence-electron chi connectivity index (χ1n) is 11.7. The van der Waals surface area contributed by atoms with Gasteiger partial charge in [-0.25, -0.2) is 0 Å². The van der Waals surface area contributed by atoms with E-state index in [0.717, 1.165) is 29.5 Å². The van der Waals surface area contributed by atoms with Crippen molar-refractivity contribution in [2.45, 2.75) is 45.1 Å². The number of amides is 2. The lowest BCUT2D eigenvalue weighted by Gasteiger charge is -2.32. The van der Waals surface area contributed by atoms with Gasteiger partial charge in [0.25, 0.3) is 11.8 Å². The molecule has 0 aromatic heterocycles. The van der Waals surface area contributed by atoms with Gasteiger partial charge in [0.05, 0.1) is 0 Å². The van der Waals surface area contributed by atoms with E-state index in [9.17, 15) is 9.59 Å². The van der Waals surface area contributed by atoms with Gasteiger partial charge < -0.3 is 10.2 Å². The molecule has 1 heterocycles. The van der Waals surface area contributed by atoms with Crippen LogP contribution in [-0.2, 0) is 5.41 Å². The maximum atomic E-state index is 12.9. The lowest BCUT2D eigenvalue weighted by molar-refractivity contribution is 0.0698. The fraction of sp³-hybridized carbons (Fsp3) is 0.310. The quantitative estimate of drug-likeness (QED) is 0.567. The Hall–Kier alpha value is -3.40. The molecule has 1 N–H and O–H groups in total. The van der Waals surface area contributed by atoms with Crippen LogP contribution >= 0.6 is 0 Å². The number of rotatable bonds is 4. The molecule has 2 amide bonds. The number of carbonyl (C=O) groups is 2. The predicted octanol–water partition coefficient (Wildman–Crippen LogP) is 5.69. The van der Waals surface area contributed by atoms with Crippen molar-refractivity contribution in [2.24, 2.45) is 0 Å². The van der Waals surface area contributed by atoms with E-state index >= 15 is 0 Å². The van der Waals surface area contributed by atoms with Crippen LogP contribution in [0.3, 0.4) is 0 Å². The molecule has 0 bridgehead atoms. The zero-order chi connectivity index (χ0) is 23.4. The second-order valence-electron chi connectivity index (χ2n) is 9.81. The molecule has 1 fully saturated rings. The monoisotopic (exact) mass is 440 g/mol. The minimum absolute atomic E-state index is 0.0582. The zero-order valence-electron chi connectivity index (χ0n) is 19.7. The van der Waals surface area contributed by atoms with Crippen molar-refractivity contribution in [3.63, 3.8) is 0 Å². The van der Waals surface area contributed by atoms with E-state index in [1.165, 1.54) is 5.56 Å². The Morgan fingerprint density at radius 1 is 0.758 bits per heavy atom. The van der Waals surface area contributed by atoms with Crippen molar-refractivity contribution >= 4 is 11.8 Å². The average Bonchev–Trinajstić information content (AvgIpc) is 2.84. The van der Waals surface area contributed by atoms with Crippen LogP contribution in [0, 0.1) is 0 Å². The summed E-state index contributed by atoms with van der Waals surface area (Å²) in [6.45, 7) is 7.80. The summed E-state index contributed by atoms with van der Waals surface area (Å²) < 4.78 is 0. The number of piperidine rings is 1. The SMILES string of the molecule is CC(C)(C)c1ccc(C(=O)N2CCC(NC(=O)c3ccc(-c4ccccc4)cc3)CC2)cc1. The molecule has 1 aliphatic heterocycles. The Morgan fingerprint density at radius 3 is 1.88 bits per heavy atom. The highest BCUT2D eigenvalue weighted by Gasteiger charge is 2.25. The standard InChI is InChI=1S/C29H32N2O2/c1-29(2,3)25-15-13-24(14-16-25)28(33)31-19-17-26(18-20-31)30-27(32)23-11-9-22(10-12-23)21-7-5-4-6-8-21/h4-16,26H,17-20H2,1-3H3,(H,30,32). The highest BCUT2D eigenvalue weighted by Crippen LogP contribution is 2.23. The van der Waals surface area contributed by atoms with Crippen molar-refractivity contribution in [3.8, 4) is 11.1 Å². The normalized spacial score (nSPS) is 14.7. The first kappa shape index (κ1) is 22.8. The van der Waals surface area contributed by atoms with Gasteiger partial charge in [0, 0.05) is 30.3 Å². The molecule has 1 aliphatic rings. The number of nitrogens with one attached hydrogen (secondary N) is 1. The van der Waals surface area contributed by atoms with Gasteiger partial charge >= 0.3 is 0 Å². The maximum Gasteiger partial charge on any atom is 0.253 e. The second kappa shape index (κ2) is 9.62. The zero-order valence-corrected chi connectivity index (χ0v) is 19.7. The largest absolute Gasteiger partial charge is 0.349 e. The van der Waals surface area contributed by atoms with E-state index in [2.05, 4.69) is 38.2 Å². The molecule has 0 atom stereocenters. The summed E-state index contributed by atoms with van der Waals surface area (Å²) in [5.41, 5.74) is 4.90. The van der Waals surface area contributed by atoms with E-state index in [1.54, 1.807) is 0 Å². The van der Waals surface area contributed by atoms with Gasteiger partial charge in [-0.3, -0.25) is 9.59 Å². The van der Waals surface area contributed by atoms with E-state index in [-0.39, 0.29) is 23.3 Å². The van der Waals surface area contributed by atoms with Gasteiger partial charge in [0.2, 0.25) is 0 Å². The average molecular weight is 441 g/mol. The van der Waals surface area contributed by atoms with Crippen molar-refractivity contribution in [3.05, 3.63) is 95.6 Å². The van der Waals surface area contributed by atoms with Gasteiger partial charge in [-0.1, -0.05) is 75.4 Å². The predicted molar refractivity (Wildman–Crippen MR) is 133 cm³/mol. The third-order valence-electron chi connectivity index (χ3n) is 6.37. The molecule has 4 heteroatoms. The summed E-state index contributed by atoms with van der Waals surface area (Å²) in [4.78, 5) is 27.5. The first-order valence-corrected chi connectivity index (χ1v) is 11.7. The lowest BCUT2D eigenvalue weighted by Crippen LogP contribution is -2.46. The summed E-state index contributed by atoms with van der Waals surface area (Å²) in [6.07, 6.45) is 1.53. The molecule has 0 spiro atoms. The van der Waals surface area contributed by atoms with Crippen molar-refractivity contribution in [1.29, 1.82) is 0 Å². The van der Waals surface area contributed by atoms with Crippen LogP contribution in [0.1, 0.15) is 59.9 Å². The Labute approximate surface area is 196 Å².